The van der Waals surface area contributed by atoms with E-state index in [1.54, 1.807) is 0 Å². The molecule has 10 heavy (non-hydrogen) atoms. The van der Waals surface area contributed by atoms with Gasteiger partial charge in [0.1, 0.15) is 12.2 Å². The minimum absolute atomic E-state index is 0.0584. The van der Waals surface area contributed by atoms with E-state index in [9.17, 15) is 0 Å². The Kier molecular flexibility index (Phi) is 1.61. The van der Waals surface area contributed by atoms with Gasteiger partial charge in [0.2, 0.25) is 0 Å². The Morgan fingerprint density at radius 1 is 1.40 bits per heavy atom. The summed E-state index contributed by atoms with van der Waals surface area (Å²) in [6.45, 7) is 1.59. The zero-order chi connectivity index (χ0) is 6.97. The second-order valence-electron chi connectivity index (χ2n) is 2.62. The number of ether oxygens (including phenoxy) is 2. The van der Waals surface area contributed by atoms with Crippen LogP contribution in [0.25, 0.3) is 0 Å². The lowest BCUT2D eigenvalue weighted by Gasteiger charge is -2.18. The van der Waals surface area contributed by atoms with Crippen LogP contribution in [0.5, 0.6) is 0 Å². The van der Waals surface area contributed by atoms with Crippen molar-refractivity contribution in [3.63, 3.8) is 0 Å². The second kappa shape index (κ2) is 2.47. The molecular formula is C6H11NO3. The molecule has 0 aromatic heterocycles. The molecule has 0 saturated carbocycles. The van der Waals surface area contributed by atoms with Gasteiger partial charge >= 0.3 is 0 Å². The van der Waals surface area contributed by atoms with Crippen molar-refractivity contribution in [2.75, 3.05) is 19.7 Å². The standard InChI is InChI=1S/C6H11NO3/c8-3-5-4-1-7-2-6(9-4)10-5/h4-8H,1-3H2/t4-,5+,6-/m1/s1. The number of nitrogens with one attached hydrogen (secondary N) is 1. The fourth-order valence-corrected chi connectivity index (χ4v) is 1.38. The average molecular weight is 145 g/mol. The van der Waals surface area contributed by atoms with Crippen LogP contribution < -0.4 is 5.32 Å². The predicted octanol–water partition coefficient (Wildman–Crippen LogP) is -1.31. The van der Waals surface area contributed by atoms with Crippen LogP contribution in [0.1, 0.15) is 0 Å². The van der Waals surface area contributed by atoms with Crippen molar-refractivity contribution in [2.45, 2.75) is 18.5 Å². The summed E-state index contributed by atoms with van der Waals surface area (Å²) in [6, 6.07) is 0. The highest BCUT2D eigenvalue weighted by Crippen LogP contribution is 2.20. The zero-order valence-electron chi connectivity index (χ0n) is 5.62. The lowest BCUT2D eigenvalue weighted by Crippen LogP contribution is -2.41. The molecule has 0 aromatic carbocycles. The van der Waals surface area contributed by atoms with Crippen LogP contribution in [0.4, 0.5) is 0 Å². The van der Waals surface area contributed by atoms with E-state index < -0.39 is 0 Å². The maximum Gasteiger partial charge on any atom is 0.171 e. The normalized spacial score (nSPS) is 45.9. The third-order valence-electron chi connectivity index (χ3n) is 1.90. The van der Waals surface area contributed by atoms with Gasteiger partial charge < -0.3 is 19.9 Å². The summed E-state index contributed by atoms with van der Waals surface area (Å²) in [5, 5.41) is 11.9. The van der Waals surface area contributed by atoms with Gasteiger partial charge in [-0.2, -0.15) is 0 Å². The van der Waals surface area contributed by atoms with Crippen molar-refractivity contribution in [1.29, 1.82) is 0 Å². The molecular weight excluding hydrogens is 134 g/mol. The summed E-state index contributed by atoms with van der Waals surface area (Å²) in [7, 11) is 0. The molecule has 2 saturated heterocycles. The first-order valence-electron chi connectivity index (χ1n) is 3.52. The Morgan fingerprint density at radius 3 is 3.00 bits per heavy atom. The highest BCUT2D eigenvalue weighted by molar-refractivity contribution is 4.83. The van der Waals surface area contributed by atoms with E-state index in [4.69, 9.17) is 14.6 Å². The SMILES string of the molecule is OC[C@@H]1O[C@@H]2CNC[C@H]1O2. The van der Waals surface area contributed by atoms with Crippen molar-refractivity contribution in [1.82, 2.24) is 5.32 Å². The number of fused-ring (bicyclic) bond motifs is 2. The van der Waals surface area contributed by atoms with Crippen molar-refractivity contribution in [3.8, 4) is 0 Å². The Morgan fingerprint density at radius 2 is 2.30 bits per heavy atom. The molecule has 0 aliphatic carbocycles. The quantitative estimate of drug-likeness (QED) is 0.481. The smallest absolute Gasteiger partial charge is 0.171 e. The first kappa shape index (κ1) is 6.54. The van der Waals surface area contributed by atoms with Gasteiger partial charge in [0, 0.05) is 13.1 Å². The molecule has 0 unspecified atom stereocenters. The van der Waals surface area contributed by atoms with Gasteiger partial charge in [0.05, 0.1) is 6.61 Å². The molecule has 2 bridgehead atoms. The number of aliphatic hydroxyl groups excluding tert-OH is 1. The van der Waals surface area contributed by atoms with Crippen LogP contribution in [0.3, 0.4) is 0 Å². The fraction of sp³-hybridized carbons (Fsp3) is 1.00. The molecule has 2 aliphatic rings. The van der Waals surface area contributed by atoms with Crippen molar-refractivity contribution in [3.05, 3.63) is 0 Å². The zero-order valence-corrected chi connectivity index (χ0v) is 5.62. The van der Waals surface area contributed by atoms with Crippen LogP contribution in [-0.4, -0.2) is 43.3 Å². The molecule has 3 atom stereocenters. The van der Waals surface area contributed by atoms with E-state index in [0.29, 0.717) is 0 Å². The lowest BCUT2D eigenvalue weighted by molar-refractivity contribution is -0.0791. The molecule has 4 heteroatoms. The Labute approximate surface area is 59.1 Å². The first-order chi connectivity index (χ1) is 4.90. The molecule has 2 fully saturated rings. The van der Waals surface area contributed by atoms with Crippen molar-refractivity contribution in [2.24, 2.45) is 0 Å². The van der Waals surface area contributed by atoms with Gasteiger partial charge in [0.15, 0.2) is 6.29 Å². The fourth-order valence-electron chi connectivity index (χ4n) is 1.38. The van der Waals surface area contributed by atoms with Gasteiger partial charge in [-0.25, -0.2) is 0 Å². The lowest BCUT2D eigenvalue weighted by atomic mass is 10.2. The largest absolute Gasteiger partial charge is 0.394 e. The van der Waals surface area contributed by atoms with Gasteiger partial charge in [-0.05, 0) is 0 Å². The predicted molar refractivity (Wildman–Crippen MR) is 33.5 cm³/mol. The highest BCUT2D eigenvalue weighted by atomic mass is 16.7. The molecule has 2 aliphatic heterocycles. The maximum absolute atomic E-state index is 8.78. The number of rotatable bonds is 1. The molecule has 0 radical (unpaired) electrons. The van der Waals surface area contributed by atoms with Crippen LogP contribution in [0, 0.1) is 0 Å². The average Bonchev–Trinajstić information content (AvgIpc) is 2.26. The van der Waals surface area contributed by atoms with Crippen LogP contribution in [-0.2, 0) is 9.47 Å². The summed E-state index contributed by atoms with van der Waals surface area (Å²) in [6.07, 6.45) is -0.181. The summed E-state index contributed by atoms with van der Waals surface area (Å²) in [5.41, 5.74) is 0. The second-order valence-corrected chi connectivity index (χ2v) is 2.62. The molecule has 0 amide bonds. The Hall–Kier alpha value is -0.160. The molecule has 4 nitrogen and oxygen atoms in total. The summed E-state index contributed by atoms with van der Waals surface area (Å²) >= 11 is 0. The molecule has 2 N–H and O–H groups in total. The molecule has 2 heterocycles. The van der Waals surface area contributed by atoms with E-state index >= 15 is 0 Å². The van der Waals surface area contributed by atoms with Gasteiger partial charge in [0.25, 0.3) is 0 Å². The van der Waals surface area contributed by atoms with Crippen LogP contribution in [0.2, 0.25) is 0 Å². The maximum atomic E-state index is 8.78. The minimum atomic E-state index is -0.129. The Bertz CT molecular complexity index is 130. The number of morpholine rings is 1. The summed E-state index contributed by atoms with van der Waals surface area (Å²) < 4.78 is 10.7. The monoisotopic (exact) mass is 145 g/mol. The van der Waals surface area contributed by atoms with E-state index in [1.165, 1.54) is 0 Å². The summed E-state index contributed by atoms with van der Waals surface area (Å²) in [4.78, 5) is 0. The topological polar surface area (TPSA) is 50.7 Å². The van der Waals surface area contributed by atoms with Gasteiger partial charge in [-0.15, -0.1) is 0 Å². The Balaban J connectivity index is 2.01. The van der Waals surface area contributed by atoms with Gasteiger partial charge in [-0.3, -0.25) is 0 Å². The highest BCUT2D eigenvalue weighted by Gasteiger charge is 2.38. The molecule has 0 aromatic rings. The van der Waals surface area contributed by atoms with E-state index in [1.807, 2.05) is 0 Å². The minimum Gasteiger partial charge on any atom is -0.394 e. The molecule has 0 spiro atoms. The summed E-state index contributed by atoms with van der Waals surface area (Å²) in [5.74, 6) is 0. The molecule has 58 valence electrons. The third-order valence-corrected chi connectivity index (χ3v) is 1.90. The number of hydrogen-bond acceptors (Lipinski definition) is 4. The van der Waals surface area contributed by atoms with Gasteiger partial charge in [-0.1, -0.05) is 0 Å². The molecule has 2 rings (SSSR count). The van der Waals surface area contributed by atoms with E-state index in [2.05, 4.69) is 5.32 Å². The van der Waals surface area contributed by atoms with Crippen molar-refractivity contribution < 1.29 is 14.6 Å². The van der Waals surface area contributed by atoms with E-state index in [-0.39, 0.29) is 25.1 Å². The van der Waals surface area contributed by atoms with Crippen LogP contribution >= 0.6 is 0 Å². The van der Waals surface area contributed by atoms with Crippen molar-refractivity contribution >= 4 is 0 Å². The first-order valence-corrected chi connectivity index (χ1v) is 3.52. The van der Waals surface area contributed by atoms with Crippen LogP contribution in [0.15, 0.2) is 0 Å². The number of hydrogen-bond donors (Lipinski definition) is 2. The van der Waals surface area contributed by atoms with E-state index in [0.717, 1.165) is 13.1 Å². The number of aliphatic hydroxyl groups is 1. The third kappa shape index (κ3) is 0.932.